The highest BCUT2D eigenvalue weighted by Gasteiger charge is 2.84. The van der Waals surface area contributed by atoms with Crippen LogP contribution in [0.25, 0.3) is 0 Å². The lowest BCUT2D eigenvalue weighted by Crippen LogP contribution is -2.64. The number of fused-ring (bicyclic) bond motifs is 2. The van der Waals surface area contributed by atoms with Crippen molar-refractivity contribution in [3.8, 4) is 0 Å². The minimum Gasteiger partial charge on any atom is -0.481 e. The Bertz CT molecular complexity index is 934. The first-order chi connectivity index (χ1) is 16.7. The monoisotopic (exact) mass is 505 g/mol. The molecule has 3 saturated carbocycles. The molecule has 0 aromatic heterocycles. The van der Waals surface area contributed by atoms with E-state index in [1.165, 1.54) is 5.54 Å². The van der Waals surface area contributed by atoms with Crippen LogP contribution in [0.15, 0.2) is 23.3 Å². The number of hydrogen-bond acceptors (Lipinski definition) is 5. The van der Waals surface area contributed by atoms with Crippen molar-refractivity contribution in [2.75, 3.05) is 26.3 Å². The van der Waals surface area contributed by atoms with Crippen LogP contribution in [0, 0.1) is 45.8 Å². The number of rotatable bonds is 8. The molecule has 1 N–H and O–H groups in total. The molecule has 1 heterocycles. The highest BCUT2D eigenvalue weighted by molar-refractivity contribution is 6.25. The summed E-state index contributed by atoms with van der Waals surface area (Å²) in [5.41, 5.74) is -0.194. The maximum absolute atomic E-state index is 13.5. The van der Waals surface area contributed by atoms with Crippen molar-refractivity contribution >= 4 is 23.9 Å². The number of halogens is 1. The SMILES string of the molecule is CC(C)C1=CC2CC3(C=O)[C@@H]4CC[C@@H](C)[C@H]4CC2(CO[C@H]2CN(C/C=C/Cl)[C@H](C)CO2)[C@]13C(=O)O. The third kappa shape index (κ3) is 3.25. The van der Waals surface area contributed by atoms with Crippen LogP contribution in [-0.4, -0.2) is 60.9 Å². The fourth-order valence-electron chi connectivity index (χ4n) is 9.18. The fourth-order valence-corrected chi connectivity index (χ4v) is 9.26. The summed E-state index contributed by atoms with van der Waals surface area (Å²) in [7, 11) is 0. The van der Waals surface area contributed by atoms with Crippen molar-refractivity contribution in [3.63, 3.8) is 0 Å². The first-order valence-electron chi connectivity index (χ1n) is 13.3. The molecule has 0 aromatic rings. The predicted molar refractivity (Wildman–Crippen MR) is 134 cm³/mol. The van der Waals surface area contributed by atoms with Crippen LogP contribution in [0.1, 0.15) is 53.4 Å². The first-order valence-corrected chi connectivity index (χ1v) is 13.8. The van der Waals surface area contributed by atoms with E-state index in [1.54, 1.807) is 0 Å². The van der Waals surface area contributed by atoms with Gasteiger partial charge in [-0.1, -0.05) is 56.5 Å². The van der Waals surface area contributed by atoms with Gasteiger partial charge in [0.15, 0.2) is 6.29 Å². The number of aliphatic carboxylic acids is 1. The van der Waals surface area contributed by atoms with Crippen molar-refractivity contribution in [1.29, 1.82) is 0 Å². The summed E-state index contributed by atoms with van der Waals surface area (Å²) < 4.78 is 12.6. The van der Waals surface area contributed by atoms with Crippen molar-refractivity contribution in [1.82, 2.24) is 4.90 Å². The van der Waals surface area contributed by atoms with Gasteiger partial charge in [-0.15, -0.1) is 0 Å². The largest absolute Gasteiger partial charge is 0.481 e. The number of hydrogen-bond donors (Lipinski definition) is 1. The lowest BCUT2D eigenvalue weighted by molar-refractivity contribution is -0.227. The maximum Gasteiger partial charge on any atom is 0.315 e. The van der Waals surface area contributed by atoms with Crippen LogP contribution in [0.3, 0.4) is 0 Å². The Hall–Kier alpha value is -1.21. The normalized spacial score (nSPS) is 46.9. The van der Waals surface area contributed by atoms with Gasteiger partial charge < -0.3 is 19.4 Å². The van der Waals surface area contributed by atoms with Crippen LogP contribution in [0.2, 0.25) is 0 Å². The molecule has 194 valence electrons. The van der Waals surface area contributed by atoms with Gasteiger partial charge >= 0.3 is 5.97 Å². The summed E-state index contributed by atoms with van der Waals surface area (Å²) in [5, 5.41) is 11.1. The molecule has 7 heteroatoms. The molecule has 1 saturated heterocycles. The van der Waals surface area contributed by atoms with Crippen molar-refractivity contribution in [2.24, 2.45) is 45.8 Å². The van der Waals surface area contributed by atoms with Gasteiger partial charge in [0.1, 0.15) is 11.7 Å². The molecule has 1 aliphatic heterocycles. The van der Waals surface area contributed by atoms with E-state index in [4.69, 9.17) is 21.1 Å². The zero-order valence-electron chi connectivity index (χ0n) is 21.4. The van der Waals surface area contributed by atoms with Gasteiger partial charge in [-0.25, -0.2) is 0 Å². The van der Waals surface area contributed by atoms with Crippen molar-refractivity contribution < 1.29 is 24.2 Å². The molecule has 0 aromatic carbocycles. The van der Waals surface area contributed by atoms with Gasteiger partial charge in [0.05, 0.1) is 25.2 Å². The van der Waals surface area contributed by atoms with Gasteiger partial charge in [0, 0.05) is 23.5 Å². The van der Waals surface area contributed by atoms with Crippen LogP contribution < -0.4 is 0 Å². The smallest absolute Gasteiger partial charge is 0.315 e. The van der Waals surface area contributed by atoms with Gasteiger partial charge in [0.25, 0.3) is 0 Å². The fraction of sp³-hybridized carbons (Fsp3) is 0.786. The third-order valence-corrected chi connectivity index (χ3v) is 10.8. The molecule has 4 fully saturated rings. The standard InChI is InChI=1S/C28H40ClNO5/c1-17(2)23-10-20-11-26(15-31)22-7-6-18(3)21(22)12-27(20,28(23,26)25(32)33)16-35-24-13-30(9-5-8-29)19(4)14-34-24/h5,8,10,15,17-22,24H,6-7,9,11-14,16H2,1-4H3,(H,32,33)/b8-5+/t18-,19-,20?,21-,22-,24+,26?,27?,28+/m1/s1. The Kier molecular flexibility index (Phi) is 6.52. The quantitative estimate of drug-likeness (QED) is 0.380. The number of carbonyl (C=O) groups excluding carboxylic acids is 1. The van der Waals surface area contributed by atoms with Crippen LogP contribution in [0.4, 0.5) is 0 Å². The number of aldehydes is 1. The van der Waals surface area contributed by atoms with Gasteiger partial charge in [-0.05, 0) is 55.8 Å². The van der Waals surface area contributed by atoms with Gasteiger partial charge in [-0.2, -0.15) is 0 Å². The molecule has 9 atom stereocenters. The minimum atomic E-state index is -1.20. The highest BCUT2D eigenvalue weighted by atomic mass is 35.5. The molecule has 0 radical (unpaired) electrons. The van der Waals surface area contributed by atoms with Crippen molar-refractivity contribution in [3.05, 3.63) is 23.3 Å². The van der Waals surface area contributed by atoms with E-state index in [0.717, 1.165) is 37.7 Å². The van der Waals surface area contributed by atoms with Gasteiger partial charge in [0.2, 0.25) is 0 Å². The molecule has 5 rings (SSSR count). The zero-order chi connectivity index (χ0) is 25.2. The summed E-state index contributed by atoms with van der Waals surface area (Å²) in [6.07, 6.45) is 8.22. The molecule has 3 unspecified atom stereocenters. The van der Waals surface area contributed by atoms with E-state index in [-0.39, 0.29) is 23.8 Å². The lowest BCUT2D eigenvalue weighted by atomic mass is 9.43. The average molecular weight is 506 g/mol. The van der Waals surface area contributed by atoms with E-state index in [2.05, 4.69) is 38.7 Å². The van der Waals surface area contributed by atoms with Gasteiger partial charge in [-0.3, -0.25) is 9.69 Å². The molecule has 4 aliphatic carbocycles. The second-order valence-corrected chi connectivity index (χ2v) is 12.5. The summed E-state index contributed by atoms with van der Waals surface area (Å²) in [4.78, 5) is 28.9. The summed E-state index contributed by atoms with van der Waals surface area (Å²) in [5.74, 6) is 0.259. The minimum absolute atomic E-state index is 0.0387. The molecular formula is C28H40ClNO5. The average Bonchev–Trinajstić information content (AvgIpc) is 3.40. The van der Waals surface area contributed by atoms with E-state index in [9.17, 15) is 14.7 Å². The molecular weight excluding hydrogens is 466 g/mol. The topological polar surface area (TPSA) is 76.1 Å². The second kappa shape index (κ2) is 8.97. The Labute approximate surface area is 214 Å². The lowest BCUT2D eigenvalue weighted by Gasteiger charge is -2.58. The maximum atomic E-state index is 13.5. The molecule has 4 bridgehead atoms. The predicted octanol–water partition coefficient (Wildman–Crippen LogP) is 4.73. The molecule has 35 heavy (non-hydrogen) atoms. The number of nitrogens with zero attached hydrogens (tertiary/aromatic N) is 1. The van der Waals surface area contributed by atoms with E-state index in [0.29, 0.717) is 38.0 Å². The summed E-state index contributed by atoms with van der Waals surface area (Å²) in [6, 6.07) is 0.251. The number of carboxylic acids is 1. The van der Waals surface area contributed by atoms with Crippen LogP contribution in [0.5, 0.6) is 0 Å². The Morgan fingerprint density at radius 1 is 1.34 bits per heavy atom. The number of morpholine rings is 1. The molecule has 6 nitrogen and oxygen atoms in total. The molecule has 0 amide bonds. The number of ether oxygens (including phenoxy) is 2. The zero-order valence-corrected chi connectivity index (χ0v) is 22.2. The Morgan fingerprint density at radius 2 is 2.11 bits per heavy atom. The van der Waals surface area contributed by atoms with Crippen molar-refractivity contribution in [2.45, 2.75) is 65.7 Å². The Balaban J connectivity index is 1.52. The second-order valence-electron chi connectivity index (χ2n) is 12.2. The number of allylic oxidation sites excluding steroid dienone is 1. The third-order valence-electron chi connectivity index (χ3n) is 10.6. The molecule has 0 spiro atoms. The first kappa shape index (κ1) is 25.4. The van der Waals surface area contributed by atoms with Crippen LogP contribution in [-0.2, 0) is 19.1 Å². The molecule has 5 aliphatic rings. The van der Waals surface area contributed by atoms with E-state index >= 15 is 0 Å². The van der Waals surface area contributed by atoms with E-state index < -0.39 is 28.5 Å². The Morgan fingerprint density at radius 3 is 2.77 bits per heavy atom. The summed E-state index contributed by atoms with van der Waals surface area (Å²) >= 11 is 5.76. The highest BCUT2D eigenvalue weighted by Crippen LogP contribution is 2.82. The number of carbonyl (C=O) groups is 2. The van der Waals surface area contributed by atoms with Crippen LogP contribution >= 0.6 is 11.6 Å². The number of carboxylic acid groups (broad SMARTS) is 1. The van der Waals surface area contributed by atoms with E-state index in [1.807, 2.05) is 6.08 Å². The summed E-state index contributed by atoms with van der Waals surface area (Å²) in [6.45, 7) is 10.7.